The summed E-state index contributed by atoms with van der Waals surface area (Å²) in [5.41, 5.74) is 2.51. The summed E-state index contributed by atoms with van der Waals surface area (Å²) in [6, 6.07) is 8.07. The number of carbonyl (C=O) groups excluding carboxylic acids is 1. The second-order valence-corrected chi connectivity index (χ2v) is 5.61. The third kappa shape index (κ3) is 3.60. The standard InChI is InChI=1S/C17H17ClN4O4/c1-24-13-7-10(8-14(25-2)15(13)26-3)20-17(23)19-9-4-5-11-12(6-9)22-16(18)21-11/h4-8H,1-3H3,(H,21,22)(H2,19,20,23). The SMILES string of the molecule is COc1cc(NC(=O)Nc2ccc3nc(Cl)[nH]c3c2)cc(OC)c1OC. The van der Waals surface area contributed by atoms with Gasteiger partial charge in [-0.2, -0.15) is 0 Å². The molecule has 2 amide bonds. The van der Waals surface area contributed by atoms with Crippen LogP contribution in [0.4, 0.5) is 16.2 Å². The molecule has 136 valence electrons. The van der Waals surface area contributed by atoms with Crippen LogP contribution in [0.15, 0.2) is 30.3 Å². The minimum Gasteiger partial charge on any atom is -0.493 e. The van der Waals surface area contributed by atoms with Crippen molar-refractivity contribution in [2.45, 2.75) is 0 Å². The van der Waals surface area contributed by atoms with E-state index in [1.807, 2.05) is 0 Å². The Hall–Kier alpha value is -3.13. The maximum Gasteiger partial charge on any atom is 0.323 e. The fourth-order valence-corrected chi connectivity index (χ4v) is 2.70. The van der Waals surface area contributed by atoms with Crippen molar-refractivity contribution < 1.29 is 19.0 Å². The summed E-state index contributed by atoms with van der Waals surface area (Å²) in [7, 11) is 4.52. The molecule has 2 aromatic carbocycles. The number of hydrogen-bond acceptors (Lipinski definition) is 5. The molecule has 3 rings (SSSR count). The Labute approximate surface area is 154 Å². The van der Waals surface area contributed by atoms with Crippen molar-refractivity contribution in [3.8, 4) is 17.2 Å². The van der Waals surface area contributed by atoms with Crippen LogP contribution in [-0.4, -0.2) is 37.3 Å². The van der Waals surface area contributed by atoms with Crippen molar-refractivity contribution in [2.75, 3.05) is 32.0 Å². The number of imidazole rings is 1. The van der Waals surface area contributed by atoms with Crippen molar-refractivity contribution in [3.63, 3.8) is 0 Å². The highest BCUT2D eigenvalue weighted by atomic mass is 35.5. The lowest BCUT2D eigenvalue weighted by Gasteiger charge is -2.15. The van der Waals surface area contributed by atoms with Crippen LogP contribution in [0, 0.1) is 0 Å². The molecular formula is C17H17ClN4O4. The number of fused-ring (bicyclic) bond motifs is 1. The van der Waals surface area contributed by atoms with Crippen LogP contribution < -0.4 is 24.8 Å². The molecule has 1 heterocycles. The van der Waals surface area contributed by atoms with E-state index in [2.05, 4.69) is 20.6 Å². The smallest absolute Gasteiger partial charge is 0.323 e. The first-order valence-corrected chi connectivity index (χ1v) is 7.95. The summed E-state index contributed by atoms with van der Waals surface area (Å²) in [4.78, 5) is 19.3. The molecule has 0 saturated carbocycles. The molecule has 0 aliphatic carbocycles. The van der Waals surface area contributed by atoms with Crippen LogP contribution in [0.5, 0.6) is 17.2 Å². The molecule has 0 unspecified atom stereocenters. The van der Waals surface area contributed by atoms with Gasteiger partial charge < -0.3 is 29.8 Å². The number of ether oxygens (including phenoxy) is 3. The number of amides is 2. The summed E-state index contributed by atoms with van der Waals surface area (Å²) in [5, 5.41) is 5.76. The van der Waals surface area contributed by atoms with Gasteiger partial charge in [-0.15, -0.1) is 0 Å². The van der Waals surface area contributed by atoms with Crippen molar-refractivity contribution in [2.24, 2.45) is 0 Å². The van der Waals surface area contributed by atoms with Gasteiger partial charge in [0, 0.05) is 17.8 Å². The molecule has 0 aliphatic rings. The van der Waals surface area contributed by atoms with E-state index in [1.54, 1.807) is 30.3 Å². The largest absolute Gasteiger partial charge is 0.493 e. The van der Waals surface area contributed by atoms with E-state index in [0.717, 1.165) is 5.52 Å². The fourth-order valence-electron chi connectivity index (χ4n) is 2.50. The first-order valence-electron chi connectivity index (χ1n) is 7.57. The average Bonchev–Trinajstić information content (AvgIpc) is 2.99. The number of anilines is 2. The predicted molar refractivity (Wildman–Crippen MR) is 99.8 cm³/mol. The highest BCUT2D eigenvalue weighted by Gasteiger charge is 2.14. The average molecular weight is 377 g/mol. The molecule has 9 heteroatoms. The third-order valence-electron chi connectivity index (χ3n) is 3.63. The second kappa shape index (κ2) is 7.40. The second-order valence-electron chi connectivity index (χ2n) is 5.25. The first kappa shape index (κ1) is 17.7. The molecule has 1 aromatic heterocycles. The molecule has 3 aromatic rings. The van der Waals surface area contributed by atoms with Gasteiger partial charge in [-0.3, -0.25) is 0 Å². The Morgan fingerprint density at radius 2 is 1.65 bits per heavy atom. The fraction of sp³-hybridized carbons (Fsp3) is 0.176. The molecule has 0 aliphatic heterocycles. The number of rotatable bonds is 5. The number of aromatic nitrogens is 2. The van der Waals surface area contributed by atoms with Crippen LogP contribution in [-0.2, 0) is 0 Å². The van der Waals surface area contributed by atoms with E-state index < -0.39 is 6.03 Å². The van der Waals surface area contributed by atoms with Crippen LogP contribution in [0.3, 0.4) is 0 Å². The van der Waals surface area contributed by atoms with E-state index >= 15 is 0 Å². The summed E-state index contributed by atoms with van der Waals surface area (Å²) >= 11 is 5.83. The highest BCUT2D eigenvalue weighted by Crippen LogP contribution is 2.39. The maximum atomic E-state index is 12.3. The Bertz CT molecular complexity index is 932. The van der Waals surface area contributed by atoms with E-state index in [1.165, 1.54) is 21.3 Å². The topological polar surface area (TPSA) is 97.5 Å². The number of carbonyl (C=O) groups is 1. The molecule has 8 nitrogen and oxygen atoms in total. The van der Waals surface area contributed by atoms with Gasteiger partial charge in [0.25, 0.3) is 0 Å². The van der Waals surface area contributed by atoms with Crippen molar-refractivity contribution in [3.05, 3.63) is 35.6 Å². The number of H-pyrrole nitrogens is 1. The first-order chi connectivity index (χ1) is 12.5. The lowest BCUT2D eigenvalue weighted by molar-refractivity contribution is 0.262. The summed E-state index contributed by atoms with van der Waals surface area (Å²) in [6.07, 6.45) is 0. The van der Waals surface area contributed by atoms with Crippen LogP contribution in [0.1, 0.15) is 0 Å². The predicted octanol–water partition coefficient (Wildman–Crippen LogP) is 3.89. The zero-order chi connectivity index (χ0) is 18.7. The van der Waals surface area contributed by atoms with Gasteiger partial charge in [-0.05, 0) is 29.8 Å². The lowest BCUT2D eigenvalue weighted by Crippen LogP contribution is -2.19. The van der Waals surface area contributed by atoms with Crippen LogP contribution >= 0.6 is 11.6 Å². The number of urea groups is 1. The van der Waals surface area contributed by atoms with Gasteiger partial charge in [0.15, 0.2) is 11.5 Å². The zero-order valence-electron chi connectivity index (χ0n) is 14.3. The molecular weight excluding hydrogens is 360 g/mol. The van der Waals surface area contributed by atoms with Gasteiger partial charge in [0.2, 0.25) is 11.0 Å². The molecule has 3 N–H and O–H groups in total. The van der Waals surface area contributed by atoms with E-state index in [9.17, 15) is 4.79 Å². The number of nitrogens with one attached hydrogen (secondary N) is 3. The van der Waals surface area contributed by atoms with Gasteiger partial charge >= 0.3 is 6.03 Å². The van der Waals surface area contributed by atoms with E-state index in [0.29, 0.717) is 39.4 Å². The Kier molecular flexibility index (Phi) is 5.04. The van der Waals surface area contributed by atoms with Crippen LogP contribution in [0.25, 0.3) is 11.0 Å². The number of nitrogens with zero attached hydrogens (tertiary/aromatic N) is 1. The number of benzene rings is 2. The Morgan fingerprint density at radius 1 is 1.00 bits per heavy atom. The molecule has 0 bridgehead atoms. The Balaban J connectivity index is 1.78. The van der Waals surface area contributed by atoms with Gasteiger partial charge in [0.1, 0.15) is 0 Å². The zero-order valence-corrected chi connectivity index (χ0v) is 15.1. The van der Waals surface area contributed by atoms with Crippen molar-refractivity contribution >= 4 is 40.0 Å². The number of hydrogen-bond donors (Lipinski definition) is 3. The van der Waals surface area contributed by atoms with Crippen LogP contribution in [0.2, 0.25) is 5.28 Å². The van der Waals surface area contributed by atoms with Gasteiger partial charge in [-0.1, -0.05) is 0 Å². The molecule has 26 heavy (non-hydrogen) atoms. The monoisotopic (exact) mass is 376 g/mol. The number of methoxy groups -OCH3 is 3. The van der Waals surface area contributed by atoms with E-state index in [-0.39, 0.29) is 0 Å². The number of halogens is 1. The number of aromatic amines is 1. The summed E-state index contributed by atoms with van der Waals surface area (Å²) in [6.45, 7) is 0. The Morgan fingerprint density at radius 3 is 2.27 bits per heavy atom. The summed E-state index contributed by atoms with van der Waals surface area (Å²) in [5.74, 6) is 1.33. The summed E-state index contributed by atoms with van der Waals surface area (Å²) < 4.78 is 15.8. The van der Waals surface area contributed by atoms with Crippen molar-refractivity contribution in [1.82, 2.24) is 9.97 Å². The normalized spacial score (nSPS) is 10.5. The van der Waals surface area contributed by atoms with Crippen molar-refractivity contribution in [1.29, 1.82) is 0 Å². The lowest BCUT2D eigenvalue weighted by atomic mass is 10.2. The van der Waals surface area contributed by atoms with E-state index in [4.69, 9.17) is 25.8 Å². The van der Waals surface area contributed by atoms with Gasteiger partial charge in [0.05, 0.1) is 38.1 Å². The van der Waals surface area contributed by atoms with Gasteiger partial charge in [-0.25, -0.2) is 9.78 Å². The molecule has 0 atom stereocenters. The quantitative estimate of drug-likeness (QED) is 0.627. The maximum absolute atomic E-state index is 12.3. The molecule has 0 radical (unpaired) electrons. The minimum atomic E-state index is -0.427. The third-order valence-corrected chi connectivity index (χ3v) is 3.81. The molecule has 0 fully saturated rings. The molecule has 0 spiro atoms. The molecule has 0 saturated heterocycles. The minimum absolute atomic E-state index is 0.291. The highest BCUT2D eigenvalue weighted by molar-refractivity contribution is 6.29.